The smallest absolute Gasteiger partial charge is 0.405 e. The topological polar surface area (TPSA) is 58.6 Å². The van der Waals surface area contributed by atoms with Gasteiger partial charge in [-0.2, -0.15) is 0 Å². The molecule has 1 saturated heterocycles. The van der Waals surface area contributed by atoms with Crippen LogP contribution in [0.3, 0.4) is 0 Å². The number of para-hydroxylation sites is 1. The number of amides is 2. The molecule has 2 aromatic carbocycles. The van der Waals surface area contributed by atoms with E-state index in [1.54, 1.807) is 6.07 Å². The molecule has 182 valence electrons. The predicted molar refractivity (Wildman–Crippen MR) is 121 cm³/mol. The SMILES string of the molecule is CCC(CC)[C@@H]1C(=O)N[C@H](C2Cc3ccccc3C2)C(=O)N1Cc1ccccc1OC(F)(F)F. The molecule has 2 atom stereocenters. The number of carbonyl (C=O) groups excluding carboxylic acids is 2. The molecular formula is C26H29F3N2O3. The first-order valence-electron chi connectivity index (χ1n) is 11.7. The van der Waals surface area contributed by atoms with Crippen LogP contribution >= 0.6 is 0 Å². The van der Waals surface area contributed by atoms with E-state index in [9.17, 15) is 22.8 Å². The van der Waals surface area contributed by atoms with Gasteiger partial charge in [-0.15, -0.1) is 13.2 Å². The first-order valence-corrected chi connectivity index (χ1v) is 11.7. The zero-order valence-corrected chi connectivity index (χ0v) is 19.3. The molecule has 0 saturated carbocycles. The highest BCUT2D eigenvalue weighted by Crippen LogP contribution is 2.35. The number of benzene rings is 2. The van der Waals surface area contributed by atoms with Gasteiger partial charge in [0.2, 0.25) is 11.8 Å². The Labute approximate surface area is 197 Å². The zero-order chi connectivity index (χ0) is 24.5. The molecule has 0 unspecified atom stereocenters. The first-order chi connectivity index (χ1) is 16.2. The Balaban J connectivity index is 1.65. The standard InChI is InChI=1S/C26H29F3N2O3/c1-3-16(4-2)23-24(32)30-22(20-13-17-9-5-6-10-18(17)14-20)25(33)31(23)15-19-11-7-8-12-21(19)34-26(27,28)29/h5-12,16,20,22-23H,3-4,13-15H2,1-2H3,(H,30,32)/t22-,23-/m1/s1. The van der Waals surface area contributed by atoms with Crippen LogP contribution in [0.15, 0.2) is 48.5 Å². The maximum Gasteiger partial charge on any atom is 0.573 e. The Hall–Kier alpha value is -3.03. The molecule has 0 spiro atoms. The summed E-state index contributed by atoms with van der Waals surface area (Å²) in [4.78, 5) is 28.6. The summed E-state index contributed by atoms with van der Waals surface area (Å²) in [7, 11) is 0. The van der Waals surface area contributed by atoms with Crippen LogP contribution in [0.25, 0.3) is 0 Å². The first kappa shape index (κ1) is 24.1. The highest BCUT2D eigenvalue weighted by Gasteiger charge is 2.47. The summed E-state index contributed by atoms with van der Waals surface area (Å²) in [5.74, 6) is -1.07. The molecule has 0 bridgehead atoms. The normalized spacial score (nSPS) is 21.1. The summed E-state index contributed by atoms with van der Waals surface area (Å²) in [6, 6.07) is 12.3. The van der Waals surface area contributed by atoms with Crippen molar-refractivity contribution in [2.45, 2.75) is 64.5 Å². The Morgan fingerprint density at radius 3 is 2.18 bits per heavy atom. The molecule has 4 rings (SSSR count). The lowest BCUT2D eigenvalue weighted by Crippen LogP contribution is -2.66. The van der Waals surface area contributed by atoms with E-state index in [1.165, 1.54) is 23.1 Å². The third-order valence-electron chi connectivity index (χ3n) is 7.04. The lowest BCUT2D eigenvalue weighted by molar-refractivity contribution is -0.275. The van der Waals surface area contributed by atoms with Crippen molar-refractivity contribution in [1.29, 1.82) is 0 Å². The number of carbonyl (C=O) groups is 2. The summed E-state index contributed by atoms with van der Waals surface area (Å²) >= 11 is 0. The van der Waals surface area contributed by atoms with Gasteiger partial charge in [-0.1, -0.05) is 69.2 Å². The Kier molecular flexibility index (Phi) is 6.86. The molecule has 0 aromatic heterocycles. The fourth-order valence-corrected chi connectivity index (χ4v) is 5.33. The van der Waals surface area contributed by atoms with Crippen LogP contribution in [0.5, 0.6) is 5.75 Å². The quantitative estimate of drug-likeness (QED) is 0.637. The van der Waals surface area contributed by atoms with Gasteiger partial charge in [0.15, 0.2) is 0 Å². The summed E-state index contributed by atoms with van der Waals surface area (Å²) < 4.78 is 43.2. The Bertz CT molecular complexity index is 1030. The van der Waals surface area contributed by atoms with Crippen molar-refractivity contribution in [1.82, 2.24) is 10.2 Å². The lowest BCUT2D eigenvalue weighted by atomic mass is 9.86. The average Bonchev–Trinajstić information content (AvgIpc) is 3.22. The maximum atomic E-state index is 13.8. The zero-order valence-electron chi connectivity index (χ0n) is 19.3. The van der Waals surface area contributed by atoms with E-state index in [2.05, 4.69) is 10.1 Å². The molecule has 2 aliphatic rings. The number of piperazine rings is 1. The Morgan fingerprint density at radius 2 is 1.59 bits per heavy atom. The highest BCUT2D eigenvalue weighted by atomic mass is 19.4. The number of halogens is 3. The highest BCUT2D eigenvalue weighted by molar-refractivity contribution is 5.97. The van der Waals surface area contributed by atoms with Gasteiger partial charge < -0.3 is 15.0 Å². The number of nitrogens with zero attached hydrogens (tertiary/aromatic N) is 1. The van der Waals surface area contributed by atoms with Gasteiger partial charge in [0.25, 0.3) is 0 Å². The van der Waals surface area contributed by atoms with E-state index in [-0.39, 0.29) is 41.5 Å². The number of hydrogen-bond donors (Lipinski definition) is 1. The van der Waals surface area contributed by atoms with E-state index in [0.29, 0.717) is 25.7 Å². The van der Waals surface area contributed by atoms with Crippen molar-refractivity contribution in [2.75, 3.05) is 0 Å². The summed E-state index contributed by atoms with van der Waals surface area (Å²) in [5.41, 5.74) is 2.53. The van der Waals surface area contributed by atoms with E-state index in [4.69, 9.17) is 0 Å². The fraction of sp³-hybridized carbons (Fsp3) is 0.462. The maximum absolute atomic E-state index is 13.8. The second kappa shape index (κ2) is 9.68. The third kappa shape index (κ3) is 4.91. The largest absolute Gasteiger partial charge is 0.573 e. The van der Waals surface area contributed by atoms with E-state index >= 15 is 0 Å². The average molecular weight is 475 g/mol. The van der Waals surface area contributed by atoms with E-state index in [1.807, 2.05) is 38.1 Å². The second-order valence-electron chi connectivity index (χ2n) is 9.07. The number of hydrogen-bond acceptors (Lipinski definition) is 3. The molecule has 1 N–H and O–H groups in total. The lowest BCUT2D eigenvalue weighted by Gasteiger charge is -2.43. The Morgan fingerprint density at radius 1 is 1.00 bits per heavy atom. The molecule has 8 heteroatoms. The molecule has 1 aliphatic carbocycles. The summed E-state index contributed by atoms with van der Waals surface area (Å²) in [6.07, 6.45) is -2.18. The van der Waals surface area contributed by atoms with Gasteiger partial charge in [-0.05, 0) is 41.9 Å². The second-order valence-corrected chi connectivity index (χ2v) is 9.07. The van der Waals surface area contributed by atoms with Gasteiger partial charge in [0.1, 0.15) is 17.8 Å². The van der Waals surface area contributed by atoms with Crippen LogP contribution < -0.4 is 10.1 Å². The minimum Gasteiger partial charge on any atom is -0.405 e. The van der Waals surface area contributed by atoms with E-state index in [0.717, 1.165) is 11.1 Å². The number of alkyl halides is 3. The van der Waals surface area contributed by atoms with Crippen LogP contribution in [-0.2, 0) is 29.0 Å². The number of rotatable bonds is 7. The molecule has 0 radical (unpaired) electrons. The minimum atomic E-state index is -4.85. The van der Waals surface area contributed by atoms with E-state index < -0.39 is 18.4 Å². The molecular weight excluding hydrogens is 445 g/mol. The summed E-state index contributed by atoms with van der Waals surface area (Å²) in [6.45, 7) is 3.77. The van der Waals surface area contributed by atoms with Crippen LogP contribution in [0.1, 0.15) is 43.4 Å². The van der Waals surface area contributed by atoms with Crippen LogP contribution in [-0.4, -0.2) is 35.2 Å². The fourth-order valence-electron chi connectivity index (χ4n) is 5.33. The van der Waals surface area contributed by atoms with Crippen molar-refractivity contribution in [2.24, 2.45) is 11.8 Å². The van der Waals surface area contributed by atoms with Gasteiger partial charge in [-0.25, -0.2) is 0 Å². The van der Waals surface area contributed by atoms with Crippen LogP contribution in [0, 0.1) is 11.8 Å². The van der Waals surface area contributed by atoms with Gasteiger partial charge >= 0.3 is 6.36 Å². The van der Waals surface area contributed by atoms with Crippen molar-refractivity contribution in [3.63, 3.8) is 0 Å². The molecule has 34 heavy (non-hydrogen) atoms. The monoisotopic (exact) mass is 474 g/mol. The number of ether oxygens (including phenoxy) is 1. The van der Waals surface area contributed by atoms with Gasteiger partial charge in [0, 0.05) is 5.56 Å². The van der Waals surface area contributed by atoms with Gasteiger partial charge in [-0.3, -0.25) is 9.59 Å². The van der Waals surface area contributed by atoms with Crippen molar-refractivity contribution < 1.29 is 27.5 Å². The van der Waals surface area contributed by atoms with Crippen LogP contribution in [0.4, 0.5) is 13.2 Å². The summed E-state index contributed by atoms with van der Waals surface area (Å²) in [5, 5.41) is 2.97. The minimum absolute atomic E-state index is 0.0966. The van der Waals surface area contributed by atoms with Crippen LogP contribution in [0.2, 0.25) is 0 Å². The third-order valence-corrected chi connectivity index (χ3v) is 7.04. The number of fused-ring (bicyclic) bond motifs is 1. The molecule has 5 nitrogen and oxygen atoms in total. The van der Waals surface area contributed by atoms with Crippen molar-refractivity contribution in [3.8, 4) is 5.75 Å². The molecule has 2 amide bonds. The molecule has 2 aromatic rings. The molecule has 1 heterocycles. The van der Waals surface area contributed by atoms with Gasteiger partial charge in [0.05, 0.1) is 6.54 Å². The predicted octanol–water partition coefficient (Wildman–Crippen LogP) is 4.63. The molecule has 1 aliphatic heterocycles. The van der Waals surface area contributed by atoms with Crippen molar-refractivity contribution >= 4 is 11.8 Å². The number of nitrogens with one attached hydrogen (secondary N) is 1. The molecule has 1 fully saturated rings. The van der Waals surface area contributed by atoms with Crippen molar-refractivity contribution in [3.05, 3.63) is 65.2 Å².